The smallest absolute Gasteiger partial charge is 0.300 e. The highest BCUT2D eigenvalue weighted by atomic mass is 32.2. The van der Waals surface area contributed by atoms with Gasteiger partial charge in [-0.1, -0.05) is 11.8 Å². The Morgan fingerprint density at radius 1 is 1.41 bits per heavy atom. The molecule has 0 spiro atoms. The monoisotopic (exact) mass is 264 g/mol. The van der Waals surface area contributed by atoms with Crippen LogP contribution >= 0.6 is 11.8 Å². The van der Waals surface area contributed by atoms with Gasteiger partial charge in [0.15, 0.2) is 5.96 Å². The molecule has 0 unspecified atom stereocenters. The van der Waals surface area contributed by atoms with Crippen LogP contribution in [-0.4, -0.2) is 41.0 Å². The molecule has 0 aliphatic rings. The van der Waals surface area contributed by atoms with Gasteiger partial charge in [0.2, 0.25) is 5.12 Å². The zero-order valence-electron chi connectivity index (χ0n) is 10.0. The summed E-state index contributed by atoms with van der Waals surface area (Å²) >= 11 is 1.15. The van der Waals surface area contributed by atoms with E-state index in [1.54, 1.807) is 6.26 Å². The van der Waals surface area contributed by atoms with E-state index >= 15 is 0 Å². The Morgan fingerprint density at radius 2 is 1.88 bits per heavy atom. The quantitative estimate of drug-likeness (QED) is 0.293. The van der Waals surface area contributed by atoms with Crippen LogP contribution in [0.15, 0.2) is 4.99 Å². The maximum atomic E-state index is 11.0. The Balaban J connectivity index is 0. The Labute approximate surface area is 105 Å². The van der Waals surface area contributed by atoms with Gasteiger partial charge in [-0.3, -0.25) is 14.6 Å². The lowest BCUT2D eigenvalue weighted by Crippen LogP contribution is -2.28. The van der Waals surface area contributed by atoms with Crippen molar-refractivity contribution in [1.82, 2.24) is 0 Å². The maximum Gasteiger partial charge on any atom is 0.300 e. The minimum Gasteiger partial charge on any atom is -0.481 e. The van der Waals surface area contributed by atoms with Gasteiger partial charge in [-0.05, 0) is 19.1 Å². The Kier molecular flexibility index (Phi) is 11.9. The van der Waals surface area contributed by atoms with Crippen LogP contribution in [0.1, 0.15) is 19.8 Å². The average molecular weight is 264 g/mol. The summed E-state index contributed by atoms with van der Waals surface area (Å²) in [4.78, 5) is 23.8. The van der Waals surface area contributed by atoms with Gasteiger partial charge in [0.25, 0.3) is 5.97 Å². The summed E-state index contributed by atoms with van der Waals surface area (Å²) in [6.07, 6.45) is 3.07. The second kappa shape index (κ2) is 11.2. The molecule has 0 saturated heterocycles. The molecule has 0 heterocycles. The van der Waals surface area contributed by atoms with E-state index in [1.807, 2.05) is 0 Å². The highest BCUT2D eigenvalue weighted by Crippen LogP contribution is 2.04. The first-order chi connectivity index (χ1) is 7.81. The van der Waals surface area contributed by atoms with Crippen LogP contribution < -0.4 is 17.2 Å². The SMILES string of the molecule is CC(=O)O.CSC(=O)[C@@H](N)CCCN=C(N)N. The summed E-state index contributed by atoms with van der Waals surface area (Å²) in [6, 6.07) is -0.399. The molecule has 100 valence electrons. The fourth-order valence-corrected chi connectivity index (χ4v) is 1.21. The highest BCUT2D eigenvalue weighted by molar-refractivity contribution is 8.13. The van der Waals surface area contributed by atoms with Gasteiger partial charge in [0.1, 0.15) is 0 Å². The van der Waals surface area contributed by atoms with Crippen molar-refractivity contribution in [2.24, 2.45) is 22.2 Å². The lowest BCUT2D eigenvalue weighted by atomic mass is 10.2. The van der Waals surface area contributed by atoms with Gasteiger partial charge in [0.05, 0.1) is 6.04 Å². The lowest BCUT2D eigenvalue weighted by Gasteiger charge is -2.06. The van der Waals surface area contributed by atoms with Crippen molar-refractivity contribution in [3.05, 3.63) is 0 Å². The van der Waals surface area contributed by atoms with E-state index in [0.29, 0.717) is 13.0 Å². The number of nitrogens with two attached hydrogens (primary N) is 3. The van der Waals surface area contributed by atoms with Crippen molar-refractivity contribution in [1.29, 1.82) is 0 Å². The Hall–Kier alpha value is -1.28. The maximum absolute atomic E-state index is 11.0. The second-order valence-corrected chi connectivity index (χ2v) is 3.91. The molecule has 7 nitrogen and oxygen atoms in total. The van der Waals surface area contributed by atoms with Crippen molar-refractivity contribution in [3.8, 4) is 0 Å². The topological polar surface area (TPSA) is 145 Å². The van der Waals surface area contributed by atoms with Gasteiger partial charge >= 0.3 is 0 Å². The molecule has 0 aliphatic carbocycles. The number of aliphatic carboxylic acids is 1. The number of rotatable bonds is 5. The summed E-state index contributed by atoms with van der Waals surface area (Å²) in [6.45, 7) is 1.61. The molecule has 1 atom stereocenters. The minimum atomic E-state index is -0.833. The third-order valence-corrected chi connectivity index (χ3v) is 2.18. The normalized spacial score (nSPS) is 10.8. The zero-order valence-corrected chi connectivity index (χ0v) is 10.9. The predicted octanol–water partition coefficient (Wildman–Crippen LogP) is -0.652. The molecule has 0 aromatic heterocycles. The Bertz CT molecular complexity index is 263. The van der Waals surface area contributed by atoms with E-state index in [4.69, 9.17) is 27.1 Å². The number of guanidine groups is 1. The van der Waals surface area contributed by atoms with Crippen LogP contribution in [-0.2, 0) is 9.59 Å². The molecule has 0 aromatic carbocycles. The molecular weight excluding hydrogens is 244 g/mol. The number of carbonyl (C=O) groups is 2. The van der Waals surface area contributed by atoms with Crippen molar-refractivity contribution in [3.63, 3.8) is 0 Å². The van der Waals surface area contributed by atoms with Crippen LogP contribution in [0.2, 0.25) is 0 Å². The van der Waals surface area contributed by atoms with Crippen LogP contribution in [0.3, 0.4) is 0 Å². The molecule has 0 saturated carbocycles. The molecule has 0 fully saturated rings. The van der Waals surface area contributed by atoms with Crippen molar-refractivity contribution in [2.45, 2.75) is 25.8 Å². The molecule has 7 N–H and O–H groups in total. The molecule has 17 heavy (non-hydrogen) atoms. The summed E-state index contributed by atoms with van der Waals surface area (Å²) in [7, 11) is 0. The van der Waals surface area contributed by atoms with E-state index < -0.39 is 12.0 Å². The average Bonchev–Trinajstić information content (AvgIpc) is 2.21. The Morgan fingerprint density at radius 3 is 2.24 bits per heavy atom. The van der Waals surface area contributed by atoms with Crippen LogP contribution in [0.5, 0.6) is 0 Å². The van der Waals surface area contributed by atoms with E-state index in [0.717, 1.165) is 25.1 Å². The van der Waals surface area contributed by atoms with Gasteiger partial charge in [-0.2, -0.15) is 0 Å². The second-order valence-electron chi connectivity index (χ2n) is 3.10. The number of carboxylic acids is 1. The molecule has 8 heteroatoms. The summed E-state index contributed by atoms with van der Waals surface area (Å²) < 4.78 is 0. The summed E-state index contributed by atoms with van der Waals surface area (Å²) in [5, 5.41) is 7.42. The van der Waals surface area contributed by atoms with Crippen LogP contribution in [0, 0.1) is 0 Å². The van der Waals surface area contributed by atoms with Crippen molar-refractivity contribution >= 4 is 28.8 Å². The third-order valence-electron chi connectivity index (χ3n) is 1.47. The first-order valence-electron chi connectivity index (χ1n) is 4.89. The number of aliphatic imine (C=N–C) groups is 1. The number of hydrogen-bond donors (Lipinski definition) is 4. The number of nitrogens with zero attached hydrogens (tertiary/aromatic N) is 1. The third kappa shape index (κ3) is 17.3. The summed E-state index contributed by atoms with van der Waals surface area (Å²) in [5.41, 5.74) is 15.8. The molecule has 0 aliphatic heterocycles. The van der Waals surface area contributed by atoms with Gasteiger partial charge in [0, 0.05) is 13.5 Å². The molecular formula is C9H20N4O3S. The first-order valence-corrected chi connectivity index (χ1v) is 6.12. The lowest BCUT2D eigenvalue weighted by molar-refractivity contribution is -0.134. The zero-order chi connectivity index (χ0) is 13.8. The van der Waals surface area contributed by atoms with E-state index in [9.17, 15) is 4.79 Å². The number of carboxylic acid groups (broad SMARTS) is 1. The van der Waals surface area contributed by atoms with Crippen LogP contribution in [0.25, 0.3) is 0 Å². The standard InChI is InChI=1S/C7H16N4OS.C2H4O2/c1-13-6(12)5(8)3-2-4-11-7(9)10;1-2(3)4/h5H,2-4,8H2,1H3,(H4,9,10,11);1H3,(H,3,4)/t5-;/m0./s1. The van der Waals surface area contributed by atoms with E-state index in [1.165, 1.54) is 0 Å². The molecule has 0 aromatic rings. The summed E-state index contributed by atoms with van der Waals surface area (Å²) in [5.74, 6) is -0.759. The molecule has 0 rings (SSSR count). The number of hydrogen-bond acceptors (Lipinski definition) is 5. The largest absolute Gasteiger partial charge is 0.481 e. The molecule has 0 radical (unpaired) electrons. The van der Waals surface area contributed by atoms with Crippen LogP contribution in [0.4, 0.5) is 0 Å². The van der Waals surface area contributed by atoms with Gasteiger partial charge < -0.3 is 22.3 Å². The fourth-order valence-electron chi connectivity index (χ4n) is 0.789. The number of thioether (sulfide) groups is 1. The van der Waals surface area contributed by atoms with Crippen molar-refractivity contribution in [2.75, 3.05) is 12.8 Å². The fraction of sp³-hybridized carbons (Fsp3) is 0.667. The minimum absolute atomic E-state index is 0.00435. The predicted molar refractivity (Wildman–Crippen MR) is 69.7 cm³/mol. The molecule has 0 bridgehead atoms. The van der Waals surface area contributed by atoms with Gasteiger partial charge in [-0.15, -0.1) is 0 Å². The highest BCUT2D eigenvalue weighted by Gasteiger charge is 2.10. The number of carbonyl (C=O) groups excluding carboxylic acids is 1. The van der Waals surface area contributed by atoms with Crippen molar-refractivity contribution < 1.29 is 14.7 Å². The molecule has 0 amide bonds. The van der Waals surface area contributed by atoms with E-state index in [2.05, 4.69) is 4.99 Å². The van der Waals surface area contributed by atoms with Gasteiger partial charge in [-0.25, -0.2) is 0 Å². The first kappa shape index (κ1) is 18.1. The van der Waals surface area contributed by atoms with E-state index in [-0.39, 0.29) is 11.1 Å².